The van der Waals surface area contributed by atoms with Gasteiger partial charge in [-0.1, -0.05) is 18.2 Å². The molecule has 2 saturated heterocycles. The summed E-state index contributed by atoms with van der Waals surface area (Å²) >= 11 is 0. The number of nitrogens with one attached hydrogen (secondary N) is 1. The zero-order valence-electron chi connectivity index (χ0n) is 12.0. The molecule has 3 rings (SSSR count). The molecule has 3 amide bonds. The second-order valence-corrected chi connectivity index (χ2v) is 5.38. The zero-order valence-corrected chi connectivity index (χ0v) is 12.0. The number of imide groups is 1. The van der Waals surface area contributed by atoms with Crippen LogP contribution in [-0.4, -0.2) is 67.6 Å². The van der Waals surface area contributed by atoms with Crippen LogP contribution in [-0.2, 0) is 4.79 Å². The van der Waals surface area contributed by atoms with Crippen molar-refractivity contribution in [3.63, 3.8) is 0 Å². The number of amides is 3. The van der Waals surface area contributed by atoms with E-state index >= 15 is 0 Å². The molecular weight excluding hydrogens is 268 g/mol. The number of anilines is 1. The Morgan fingerprint density at radius 1 is 1.05 bits per heavy atom. The van der Waals surface area contributed by atoms with Gasteiger partial charge in [-0.25, -0.2) is 4.79 Å². The van der Waals surface area contributed by atoms with Crippen LogP contribution < -0.4 is 10.2 Å². The zero-order chi connectivity index (χ0) is 14.7. The Labute approximate surface area is 124 Å². The van der Waals surface area contributed by atoms with Crippen LogP contribution in [0.3, 0.4) is 0 Å². The molecule has 1 N–H and O–H groups in total. The molecule has 0 saturated carbocycles. The molecule has 6 nitrogen and oxygen atoms in total. The van der Waals surface area contributed by atoms with Crippen molar-refractivity contribution in [2.24, 2.45) is 0 Å². The maximum Gasteiger partial charge on any atom is 0.324 e. The van der Waals surface area contributed by atoms with Crippen molar-refractivity contribution in [3.8, 4) is 0 Å². The summed E-state index contributed by atoms with van der Waals surface area (Å²) < 4.78 is 0. The number of nitrogens with zero attached hydrogens (tertiary/aromatic N) is 3. The number of hydrogen-bond donors (Lipinski definition) is 1. The molecule has 0 aliphatic carbocycles. The lowest BCUT2D eigenvalue weighted by molar-refractivity contribution is -0.128. The predicted octanol–water partition coefficient (Wildman–Crippen LogP) is 0.360. The summed E-state index contributed by atoms with van der Waals surface area (Å²) in [7, 11) is 0. The van der Waals surface area contributed by atoms with Crippen molar-refractivity contribution in [3.05, 3.63) is 30.3 Å². The molecule has 2 aliphatic heterocycles. The maximum atomic E-state index is 12.1. The first kappa shape index (κ1) is 13.9. The van der Waals surface area contributed by atoms with Gasteiger partial charge in [0, 0.05) is 45.0 Å². The molecule has 0 unspecified atom stereocenters. The number of piperazine rings is 1. The topological polar surface area (TPSA) is 55.9 Å². The van der Waals surface area contributed by atoms with E-state index in [-0.39, 0.29) is 11.9 Å². The molecular formula is C15H20N4O2. The van der Waals surface area contributed by atoms with Crippen molar-refractivity contribution >= 4 is 17.6 Å². The Bertz CT molecular complexity index is 512. The van der Waals surface area contributed by atoms with E-state index in [1.54, 1.807) is 0 Å². The molecule has 1 aromatic carbocycles. The number of benzene rings is 1. The van der Waals surface area contributed by atoms with Gasteiger partial charge in [0.1, 0.15) is 0 Å². The fraction of sp³-hybridized carbons (Fsp3) is 0.467. The highest BCUT2D eigenvalue weighted by Crippen LogP contribution is 2.15. The van der Waals surface area contributed by atoms with Gasteiger partial charge in [0.05, 0.1) is 6.54 Å². The average molecular weight is 288 g/mol. The fourth-order valence-electron chi connectivity index (χ4n) is 2.79. The monoisotopic (exact) mass is 288 g/mol. The van der Waals surface area contributed by atoms with Crippen molar-refractivity contribution in [2.75, 3.05) is 50.7 Å². The standard InChI is InChI=1S/C15H20N4O2/c20-14(19-7-6-16-15(19)21)12-17-8-10-18(11-9-17)13-4-2-1-3-5-13/h1-5H,6-12H2,(H,16,21). The first-order valence-electron chi connectivity index (χ1n) is 7.34. The van der Waals surface area contributed by atoms with Crippen LogP contribution in [0.2, 0.25) is 0 Å². The molecule has 2 heterocycles. The molecule has 6 heteroatoms. The average Bonchev–Trinajstić information content (AvgIpc) is 2.95. The summed E-state index contributed by atoms with van der Waals surface area (Å²) in [4.78, 5) is 29.3. The Morgan fingerprint density at radius 2 is 1.76 bits per heavy atom. The van der Waals surface area contributed by atoms with Gasteiger partial charge in [-0.05, 0) is 12.1 Å². The highest BCUT2D eigenvalue weighted by atomic mass is 16.2. The molecule has 0 atom stereocenters. The van der Waals surface area contributed by atoms with Crippen LogP contribution in [0.4, 0.5) is 10.5 Å². The smallest absolute Gasteiger partial charge is 0.324 e. The second-order valence-electron chi connectivity index (χ2n) is 5.38. The van der Waals surface area contributed by atoms with Crippen molar-refractivity contribution in [2.45, 2.75) is 0 Å². The number of para-hydroxylation sites is 1. The number of urea groups is 1. The second kappa shape index (κ2) is 6.13. The van der Waals surface area contributed by atoms with E-state index in [0.29, 0.717) is 19.6 Å². The maximum absolute atomic E-state index is 12.1. The van der Waals surface area contributed by atoms with E-state index < -0.39 is 0 Å². The third kappa shape index (κ3) is 3.16. The summed E-state index contributed by atoms with van der Waals surface area (Å²) in [6, 6.07) is 10.0. The molecule has 0 aromatic heterocycles. The van der Waals surface area contributed by atoms with E-state index in [1.165, 1.54) is 10.6 Å². The lowest BCUT2D eigenvalue weighted by atomic mass is 10.2. The lowest BCUT2D eigenvalue weighted by Crippen LogP contribution is -2.50. The SMILES string of the molecule is O=C(CN1CCN(c2ccccc2)CC1)N1CCNC1=O. The molecule has 2 aliphatic rings. The quantitative estimate of drug-likeness (QED) is 0.872. The van der Waals surface area contributed by atoms with Crippen molar-refractivity contribution in [1.29, 1.82) is 0 Å². The van der Waals surface area contributed by atoms with Crippen LogP contribution >= 0.6 is 0 Å². The minimum absolute atomic E-state index is 0.0989. The highest BCUT2D eigenvalue weighted by Gasteiger charge is 2.28. The molecule has 2 fully saturated rings. The summed E-state index contributed by atoms with van der Waals surface area (Å²) in [5.41, 5.74) is 1.22. The number of carbonyl (C=O) groups is 2. The molecule has 0 spiro atoms. The van der Waals surface area contributed by atoms with E-state index in [2.05, 4.69) is 27.2 Å². The van der Waals surface area contributed by atoms with Gasteiger partial charge in [0.25, 0.3) is 0 Å². The van der Waals surface area contributed by atoms with Gasteiger partial charge < -0.3 is 10.2 Å². The summed E-state index contributed by atoms with van der Waals surface area (Å²) in [5, 5.41) is 2.66. The van der Waals surface area contributed by atoms with E-state index in [9.17, 15) is 9.59 Å². The molecule has 21 heavy (non-hydrogen) atoms. The molecule has 0 bridgehead atoms. The minimum atomic E-state index is -0.261. The van der Waals surface area contributed by atoms with Gasteiger partial charge in [-0.3, -0.25) is 14.6 Å². The Kier molecular flexibility index (Phi) is 4.06. The van der Waals surface area contributed by atoms with Gasteiger partial charge in [0.2, 0.25) is 5.91 Å². The first-order valence-corrected chi connectivity index (χ1v) is 7.34. The van der Waals surface area contributed by atoms with Crippen molar-refractivity contribution < 1.29 is 9.59 Å². The molecule has 1 aromatic rings. The Morgan fingerprint density at radius 3 is 2.38 bits per heavy atom. The van der Waals surface area contributed by atoms with E-state index in [1.807, 2.05) is 18.2 Å². The van der Waals surface area contributed by atoms with Crippen molar-refractivity contribution in [1.82, 2.24) is 15.1 Å². The lowest BCUT2D eigenvalue weighted by Gasteiger charge is -2.36. The number of hydrogen-bond acceptors (Lipinski definition) is 4. The number of rotatable bonds is 3. The summed E-state index contributed by atoms with van der Waals surface area (Å²) in [5.74, 6) is -0.0989. The van der Waals surface area contributed by atoms with Crippen LogP contribution in [0.5, 0.6) is 0 Å². The summed E-state index contributed by atoms with van der Waals surface area (Å²) in [6.07, 6.45) is 0. The summed E-state index contributed by atoms with van der Waals surface area (Å²) in [6.45, 7) is 4.88. The third-order valence-electron chi connectivity index (χ3n) is 4.01. The first-order chi connectivity index (χ1) is 10.2. The van der Waals surface area contributed by atoms with Gasteiger partial charge in [-0.2, -0.15) is 0 Å². The molecule has 112 valence electrons. The minimum Gasteiger partial charge on any atom is -0.369 e. The Balaban J connectivity index is 1.50. The van der Waals surface area contributed by atoms with E-state index in [0.717, 1.165) is 26.2 Å². The predicted molar refractivity (Wildman–Crippen MR) is 80.2 cm³/mol. The Hall–Kier alpha value is -2.08. The molecule has 0 radical (unpaired) electrons. The number of carbonyl (C=O) groups excluding carboxylic acids is 2. The largest absolute Gasteiger partial charge is 0.369 e. The van der Waals surface area contributed by atoms with Gasteiger partial charge >= 0.3 is 6.03 Å². The van der Waals surface area contributed by atoms with Gasteiger partial charge in [-0.15, -0.1) is 0 Å². The van der Waals surface area contributed by atoms with Crippen LogP contribution in [0, 0.1) is 0 Å². The van der Waals surface area contributed by atoms with Crippen LogP contribution in [0.1, 0.15) is 0 Å². The van der Waals surface area contributed by atoms with Crippen LogP contribution in [0.15, 0.2) is 30.3 Å². The van der Waals surface area contributed by atoms with Gasteiger partial charge in [0.15, 0.2) is 0 Å². The third-order valence-corrected chi connectivity index (χ3v) is 4.01. The normalized spacial score (nSPS) is 19.7. The highest BCUT2D eigenvalue weighted by molar-refractivity contribution is 5.96. The fourth-order valence-corrected chi connectivity index (χ4v) is 2.79. The van der Waals surface area contributed by atoms with Crippen LogP contribution in [0.25, 0.3) is 0 Å². The van der Waals surface area contributed by atoms with E-state index in [4.69, 9.17) is 0 Å².